The molecule has 22 heavy (non-hydrogen) atoms. The van der Waals surface area contributed by atoms with E-state index in [4.69, 9.17) is 4.74 Å². The summed E-state index contributed by atoms with van der Waals surface area (Å²) in [6.07, 6.45) is 0.889. The molecule has 0 saturated carbocycles. The molecule has 0 aromatic heterocycles. The Balaban J connectivity index is 1.94. The summed E-state index contributed by atoms with van der Waals surface area (Å²) in [4.78, 5) is 23.7. The first-order valence-electron chi connectivity index (χ1n) is 7.35. The summed E-state index contributed by atoms with van der Waals surface area (Å²) in [6, 6.07) is 12.1. The minimum absolute atomic E-state index is 0.200. The second kappa shape index (κ2) is 4.70. The highest BCUT2D eigenvalue weighted by molar-refractivity contribution is 6.17. The summed E-state index contributed by atoms with van der Waals surface area (Å²) in [6.45, 7) is 0. The van der Waals surface area contributed by atoms with Gasteiger partial charge in [-0.1, -0.05) is 36.4 Å². The number of methoxy groups -OCH3 is 1. The zero-order valence-corrected chi connectivity index (χ0v) is 12.2. The van der Waals surface area contributed by atoms with Crippen molar-refractivity contribution in [2.24, 2.45) is 5.92 Å². The van der Waals surface area contributed by atoms with E-state index in [9.17, 15) is 9.59 Å². The molecular weight excluding hydrogens is 278 g/mol. The number of amides is 2. The van der Waals surface area contributed by atoms with E-state index in [1.807, 2.05) is 24.3 Å². The van der Waals surface area contributed by atoms with Gasteiger partial charge < -0.3 is 4.74 Å². The molecule has 2 aliphatic rings. The van der Waals surface area contributed by atoms with Crippen molar-refractivity contribution in [3.8, 4) is 0 Å². The van der Waals surface area contributed by atoms with Gasteiger partial charge >= 0.3 is 0 Å². The van der Waals surface area contributed by atoms with Crippen molar-refractivity contribution in [1.29, 1.82) is 0 Å². The maximum absolute atomic E-state index is 12.3. The molecule has 1 atom stereocenters. The number of hydrogen-bond acceptors (Lipinski definition) is 3. The van der Waals surface area contributed by atoms with E-state index in [-0.39, 0.29) is 17.7 Å². The van der Waals surface area contributed by atoms with Crippen molar-refractivity contribution >= 4 is 33.9 Å². The third-order valence-electron chi connectivity index (χ3n) is 4.48. The predicted molar refractivity (Wildman–Crippen MR) is 83.6 cm³/mol. The van der Waals surface area contributed by atoms with Crippen LogP contribution in [0, 0.1) is 5.92 Å². The molecule has 0 radical (unpaired) electrons. The summed E-state index contributed by atoms with van der Waals surface area (Å²) < 4.78 is 5.64. The lowest BCUT2D eigenvalue weighted by molar-refractivity contribution is -0.134. The molecule has 1 saturated heterocycles. The molecular formula is C18H15NO3. The molecule has 2 amide bonds. The molecule has 2 aromatic rings. The summed E-state index contributed by atoms with van der Waals surface area (Å²) in [5.41, 5.74) is 2.97. The van der Waals surface area contributed by atoms with Gasteiger partial charge in [-0.05, 0) is 17.4 Å². The predicted octanol–water partition coefficient (Wildman–Crippen LogP) is 2.72. The van der Waals surface area contributed by atoms with Crippen molar-refractivity contribution in [2.45, 2.75) is 12.8 Å². The SMILES string of the molecule is COC1=C(C2CCC(=O)NC2=O)c2cccc3cccc1c23. The van der Waals surface area contributed by atoms with Crippen LogP contribution in [0.1, 0.15) is 24.0 Å². The van der Waals surface area contributed by atoms with Gasteiger partial charge in [0.15, 0.2) is 0 Å². The van der Waals surface area contributed by atoms with Gasteiger partial charge in [0.05, 0.1) is 13.0 Å². The Morgan fingerprint density at radius 2 is 1.82 bits per heavy atom. The molecule has 1 heterocycles. The van der Waals surface area contributed by atoms with Crippen LogP contribution >= 0.6 is 0 Å². The second-order valence-corrected chi connectivity index (χ2v) is 5.66. The minimum Gasteiger partial charge on any atom is -0.496 e. The quantitative estimate of drug-likeness (QED) is 0.866. The van der Waals surface area contributed by atoms with Crippen LogP contribution in [-0.4, -0.2) is 18.9 Å². The topological polar surface area (TPSA) is 55.4 Å². The van der Waals surface area contributed by atoms with Gasteiger partial charge in [-0.15, -0.1) is 0 Å². The summed E-state index contributed by atoms with van der Waals surface area (Å²) in [7, 11) is 1.63. The first kappa shape index (κ1) is 13.1. The van der Waals surface area contributed by atoms with Crippen LogP contribution in [0.2, 0.25) is 0 Å². The number of hydrogen-bond donors (Lipinski definition) is 1. The van der Waals surface area contributed by atoms with Gasteiger partial charge in [0.25, 0.3) is 0 Å². The maximum Gasteiger partial charge on any atom is 0.234 e. The van der Waals surface area contributed by atoms with Gasteiger partial charge in [-0.25, -0.2) is 0 Å². The van der Waals surface area contributed by atoms with Crippen LogP contribution in [0.3, 0.4) is 0 Å². The summed E-state index contributed by atoms with van der Waals surface area (Å²) in [5.74, 6) is -0.0212. The Kier molecular flexibility index (Phi) is 2.79. The molecule has 1 N–H and O–H groups in total. The number of carbonyl (C=O) groups is 2. The number of imide groups is 1. The zero-order chi connectivity index (χ0) is 15.3. The van der Waals surface area contributed by atoms with Gasteiger partial charge in [-0.2, -0.15) is 0 Å². The van der Waals surface area contributed by atoms with E-state index in [0.717, 1.165) is 33.2 Å². The lowest BCUT2D eigenvalue weighted by Gasteiger charge is -2.23. The minimum atomic E-state index is -0.342. The van der Waals surface area contributed by atoms with Crippen LogP contribution in [0.5, 0.6) is 0 Å². The van der Waals surface area contributed by atoms with Gasteiger partial charge in [0.1, 0.15) is 5.76 Å². The number of carbonyl (C=O) groups excluding carboxylic acids is 2. The van der Waals surface area contributed by atoms with Gasteiger partial charge in [0.2, 0.25) is 11.8 Å². The Labute approximate surface area is 127 Å². The number of benzene rings is 2. The first-order chi connectivity index (χ1) is 10.7. The molecule has 1 unspecified atom stereocenters. The average Bonchev–Trinajstić information content (AvgIpc) is 2.84. The van der Waals surface area contributed by atoms with Gasteiger partial charge in [-0.3, -0.25) is 14.9 Å². The van der Waals surface area contributed by atoms with Crippen LogP contribution < -0.4 is 5.32 Å². The molecule has 0 spiro atoms. The van der Waals surface area contributed by atoms with E-state index < -0.39 is 0 Å². The van der Waals surface area contributed by atoms with E-state index in [2.05, 4.69) is 17.4 Å². The van der Waals surface area contributed by atoms with E-state index in [1.54, 1.807) is 7.11 Å². The molecule has 1 fully saturated rings. The fourth-order valence-electron chi connectivity index (χ4n) is 3.56. The highest BCUT2D eigenvalue weighted by Gasteiger charge is 2.36. The monoisotopic (exact) mass is 293 g/mol. The average molecular weight is 293 g/mol. The number of ether oxygens (including phenoxy) is 1. The normalized spacial score (nSPS) is 20.5. The third-order valence-corrected chi connectivity index (χ3v) is 4.48. The number of piperidine rings is 1. The molecule has 0 bridgehead atoms. The first-order valence-corrected chi connectivity index (χ1v) is 7.35. The highest BCUT2D eigenvalue weighted by atomic mass is 16.5. The van der Waals surface area contributed by atoms with E-state index in [1.165, 1.54) is 0 Å². The Bertz CT molecular complexity index is 845. The largest absolute Gasteiger partial charge is 0.496 e. The molecule has 4 nitrogen and oxygen atoms in total. The lowest BCUT2D eigenvalue weighted by atomic mass is 9.86. The smallest absolute Gasteiger partial charge is 0.234 e. The molecule has 1 aliphatic carbocycles. The van der Waals surface area contributed by atoms with E-state index in [0.29, 0.717) is 12.8 Å². The van der Waals surface area contributed by atoms with Crippen LogP contribution in [-0.2, 0) is 14.3 Å². The maximum atomic E-state index is 12.3. The fraction of sp³-hybridized carbons (Fsp3) is 0.222. The lowest BCUT2D eigenvalue weighted by Crippen LogP contribution is -2.41. The van der Waals surface area contributed by atoms with Crippen molar-refractivity contribution in [3.63, 3.8) is 0 Å². The molecule has 4 heteroatoms. The molecule has 4 rings (SSSR count). The summed E-state index contributed by atoms with van der Waals surface area (Å²) in [5, 5.41) is 4.70. The Morgan fingerprint density at radius 3 is 2.50 bits per heavy atom. The van der Waals surface area contributed by atoms with Crippen LogP contribution in [0.15, 0.2) is 36.4 Å². The third kappa shape index (κ3) is 1.70. The Hall–Kier alpha value is -2.62. The summed E-state index contributed by atoms with van der Waals surface area (Å²) >= 11 is 0. The van der Waals surface area contributed by atoms with Crippen LogP contribution in [0.4, 0.5) is 0 Å². The highest BCUT2D eigenvalue weighted by Crippen LogP contribution is 2.46. The molecule has 1 aliphatic heterocycles. The second-order valence-electron chi connectivity index (χ2n) is 5.66. The van der Waals surface area contributed by atoms with Crippen molar-refractivity contribution in [3.05, 3.63) is 47.5 Å². The number of nitrogens with one attached hydrogen (secondary N) is 1. The van der Waals surface area contributed by atoms with Crippen molar-refractivity contribution in [2.75, 3.05) is 7.11 Å². The zero-order valence-electron chi connectivity index (χ0n) is 12.2. The Morgan fingerprint density at radius 1 is 1.09 bits per heavy atom. The van der Waals surface area contributed by atoms with Crippen LogP contribution in [0.25, 0.3) is 22.1 Å². The van der Waals surface area contributed by atoms with Crippen molar-refractivity contribution < 1.29 is 14.3 Å². The van der Waals surface area contributed by atoms with Gasteiger partial charge in [0, 0.05) is 22.9 Å². The van der Waals surface area contributed by atoms with Crippen molar-refractivity contribution in [1.82, 2.24) is 5.32 Å². The standard InChI is InChI=1S/C18H15NO3/c1-22-17-12-7-3-5-10-4-2-6-11(15(10)12)16(17)13-8-9-14(20)19-18(13)21/h2-7,13H,8-9H2,1H3,(H,19,20,21). The molecule has 2 aromatic carbocycles. The molecule has 110 valence electrons. The fourth-order valence-corrected chi connectivity index (χ4v) is 3.56. The number of rotatable bonds is 2. The van der Waals surface area contributed by atoms with E-state index >= 15 is 0 Å².